The maximum Gasteiger partial charge on any atom is 0.219 e. The maximum absolute atomic E-state index is 13.2. The molecule has 2 aromatic rings. The van der Waals surface area contributed by atoms with Gasteiger partial charge >= 0.3 is 0 Å². The standard InChI is InChI=1S/C14H16Cl2FN3O2/c1-14(2,6-17)12(21)13(20-8-18-7-19-20)22-11-4-3-9(15)5-10(11)16/h3-5,7-8,12-13,21H,6H2,1-2H3. The van der Waals surface area contributed by atoms with Gasteiger partial charge in [-0.1, -0.05) is 37.0 Å². The van der Waals surface area contributed by atoms with E-state index in [1.54, 1.807) is 26.0 Å². The van der Waals surface area contributed by atoms with E-state index < -0.39 is 24.4 Å². The van der Waals surface area contributed by atoms with Crippen LogP contribution in [0.1, 0.15) is 20.1 Å². The van der Waals surface area contributed by atoms with Gasteiger partial charge in [0.1, 0.15) is 24.5 Å². The second-order valence-electron chi connectivity index (χ2n) is 5.53. The fourth-order valence-electron chi connectivity index (χ4n) is 1.78. The molecule has 0 fully saturated rings. The highest BCUT2D eigenvalue weighted by molar-refractivity contribution is 6.35. The first kappa shape index (κ1) is 17.0. The van der Waals surface area contributed by atoms with Crippen LogP contribution in [0.2, 0.25) is 10.0 Å². The van der Waals surface area contributed by atoms with Gasteiger partial charge in [-0.3, -0.25) is 4.39 Å². The van der Waals surface area contributed by atoms with Crippen molar-refractivity contribution in [1.82, 2.24) is 14.8 Å². The van der Waals surface area contributed by atoms with E-state index in [9.17, 15) is 9.50 Å². The second-order valence-corrected chi connectivity index (χ2v) is 6.37. The summed E-state index contributed by atoms with van der Waals surface area (Å²) < 4.78 is 20.3. The van der Waals surface area contributed by atoms with Crippen LogP contribution in [0, 0.1) is 5.41 Å². The van der Waals surface area contributed by atoms with Gasteiger partial charge in [-0.25, -0.2) is 9.67 Å². The Morgan fingerprint density at radius 3 is 2.68 bits per heavy atom. The molecule has 2 atom stereocenters. The summed E-state index contributed by atoms with van der Waals surface area (Å²) >= 11 is 11.9. The highest BCUT2D eigenvalue weighted by Gasteiger charge is 2.37. The van der Waals surface area contributed by atoms with Gasteiger partial charge in [0.2, 0.25) is 6.23 Å². The molecule has 8 heteroatoms. The second kappa shape index (κ2) is 6.81. The number of aliphatic hydroxyl groups excluding tert-OH is 1. The minimum atomic E-state index is -1.18. The Hall–Kier alpha value is -1.37. The number of hydrogen-bond donors (Lipinski definition) is 1. The SMILES string of the molecule is CC(C)(CF)C(O)C(Oc1ccc(Cl)cc1Cl)n1cncn1. The van der Waals surface area contributed by atoms with Crippen LogP contribution in [-0.4, -0.2) is 32.6 Å². The van der Waals surface area contributed by atoms with E-state index in [1.807, 2.05) is 0 Å². The van der Waals surface area contributed by atoms with Crippen LogP contribution < -0.4 is 4.74 Å². The molecule has 0 amide bonds. The van der Waals surface area contributed by atoms with Gasteiger partial charge in [0.05, 0.1) is 11.7 Å². The van der Waals surface area contributed by atoms with Gasteiger partial charge < -0.3 is 9.84 Å². The molecule has 0 radical (unpaired) electrons. The van der Waals surface area contributed by atoms with Crippen LogP contribution in [0.15, 0.2) is 30.9 Å². The summed E-state index contributed by atoms with van der Waals surface area (Å²) in [5.41, 5.74) is -1.03. The number of alkyl halides is 1. The van der Waals surface area contributed by atoms with E-state index in [2.05, 4.69) is 10.1 Å². The van der Waals surface area contributed by atoms with Gasteiger partial charge in [-0.15, -0.1) is 0 Å². The minimum Gasteiger partial charge on any atom is -0.464 e. The lowest BCUT2D eigenvalue weighted by molar-refractivity contribution is -0.0857. The molecule has 1 N–H and O–H groups in total. The molecular weight excluding hydrogens is 332 g/mol. The number of aromatic nitrogens is 3. The molecular formula is C14H16Cl2FN3O2. The molecule has 0 aliphatic rings. The number of rotatable bonds is 6. The number of benzene rings is 1. The Morgan fingerprint density at radius 1 is 1.41 bits per heavy atom. The largest absolute Gasteiger partial charge is 0.464 e. The molecule has 0 bridgehead atoms. The third kappa shape index (κ3) is 3.69. The summed E-state index contributed by atoms with van der Waals surface area (Å²) in [6, 6.07) is 4.70. The lowest BCUT2D eigenvalue weighted by atomic mass is 9.87. The smallest absolute Gasteiger partial charge is 0.219 e. The molecule has 0 saturated carbocycles. The summed E-state index contributed by atoms with van der Waals surface area (Å²) in [5.74, 6) is 0.306. The van der Waals surface area contributed by atoms with E-state index in [-0.39, 0.29) is 5.02 Å². The molecule has 22 heavy (non-hydrogen) atoms. The first-order chi connectivity index (χ1) is 10.3. The number of hydrogen-bond acceptors (Lipinski definition) is 4. The van der Waals surface area contributed by atoms with Crippen molar-refractivity contribution in [2.24, 2.45) is 5.41 Å². The summed E-state index contributed by atoms with van der Waals surface area (Å²) in [6.07, 6.45) is 0.527. The van der Waals surface area contributed by atoms with E-state index in [4.69, 9.17) is 27.9 Å². The summed E-state index contributed by atoms with van der Waals surface area (Å²) in [7, 11) is 0. The van der Waals surface area contributed by atoms with Crippen LogP contribution in [0.3, 0.4) is 0 Å². The van der Waals surface area contributed by atoms with Gasteiger partial charge in [0.15, 0.2) is 0 Å². The van der Waals surface area contributed by atoms with Gasteiger partial charge in [0, 0.05) is 10.4 Å². The molecule has 2 rings (SSSR count). The lowest BCUT2D eigenvalue weighted by Crippen LogP contribution is -2.41. The predicted molar refractivity (Wildman–Crippen MR) is 81.9 cm³/mol. The zero-order valence-electron chi connectivity index (χ0n) is 12.1. The Kier molecular flexibility index (Phi) is 5.26. The van der Waals surface area contributed by atoms with Gasteiger partial charge in [-0.05, 0) is 18.2 Å². The third-order valence-corrected chi connectivity index (χ3v) is 3.78. The van der Waals surface area contributed by atoms with Crippen molar-refractivity contribution in [3.05, 3.63) is 40.9 Å². The molecule has 1 aromatic carbocycles. The van der Waals surface area contributed by atoms with Crippen molar-refractivity contribution >= 4 is 23.2 Å². The fourth-order valence-corrected chi connectivity index (χ4v) is 2.23. The third-order valence-electron chi connectivity index (χ3n) is 3.25. The molecule has 0 saturated heterocycles. The van der Waals surface area contributed by atoms with E-state index in [0.717, 1.165) is 0 Å². The van der Waals surface area contributed by atoms with Crippen molar-refractivity contribution in [2.75, 3.05) is 6.67 Å². The normalized spacial score (nSPS) is 14.6. The Labute approximate surface area is 137 Å². The van der Waals surface area contributed by atoms with Gasteiger partial charge in [-0.2, -0.15) is 5.10 Å². The summed E-state index contributed by atoms with van der Waals surface area (Å²) in [6.45, 7) is 2.46. The summed E-state index contributed by atoms with van der Waals surface area (Å²) in [5, 5.41) is 15.2. The van der Waals surface area contributed by atoms with Crippen LogP contribution in [0.4, 0.5) is 4.39 Å². The molecule has 0 spiro atoms. The van der Waals surface area contributed by atoms with Crippen molar-refractivity contribution < 1.29 is 14.2 Å². The highest BCUT2D eigenvalue weighted by Crippen LogP contribution is 2.34. The quantitative estimate of drug-likeness (QED) is 0.868. The average molecular weight is 348 g/mol. The van der Waals surface area contributed by atoms with Crippen molar-refractivity contribution in [3.63, 3.8) is 0 Å². The average Bonchev–Trinajstić information content (AvgIpc) is 3.00. The maximum atomic E-state index is 13.2. The number of halogens is 3. The van der Waals surface area contributed by atoms with E-state index in [1.165, 1.54) is 23.4 Å². The molecule has 0 aliphatic carbocycles. The first-order valence-corrected chi connectivity index (χ1v) is 7.30. The van der Waals surface area contributed by atoms with Crippen molar-refractivity contribution in [2.45, 2.75) is 26.2 Å². The van der Waals surface area contributed by atoms with Crippen LogP contribution in [0.5, 0.6) is 5.75 Å². The Bertz CT molecular complexity index is 623. The van der Waals surface area contributed by atoms with Gasteiger partial charge in [0.25, 0.3) is 0 Å². The van der Waals surface area contributed by atoms with Crippen LogP contribution in [-0.2, 0) is 0 Å². The number of nitrogens with zero attached hydrogens (tertiary/aromatic N) is 3. The number of ether oxygens (including phenoxy) is 1. The number of aliphatic hydroxyl groups is 1. The van der Waals surface area contributed by atoms with Crippen molar-refractivity contribution in [1.29, 1.82) is 0 Å². The molecule has 1 heterocycles. The molecule has 5 nitrogen and oxygen atoms in total. The topological polar surface area (TPSA) is 60.2 Å². The van der Waals surface area contributed by atoms with Crippen molar-refractivity contribution in [3.8, 4) is 5.75 Å². The first-order valence-electron chi connectivity index (χ1n) is 6.55. The fraction of sp³-hybridized carbons (Fsp3) is 0.429. The van der Waals surface area contributed by atoms with E-state index >= 15 is 0 Å². The molecule has 2 unspecified atom stereocenters. The molecule has 120 valence electrons. The summed E-state index contributed by atoms with van der Waals surface area (Å²) in [4.78, 5) is 3.82. The zero-order valence-corrected chi connectivity index (χ0v) is 13.6. The minimum absolute atomic E-state index is 0.280. The van der Waals surface area contributed by atoms with Crippen LogP contribution in [0.25, 0.3) is 0 Å². The molecule has 0 aliphatic heterocycles. The Balaban J connectivity index is 2.33. The monoisotopic (exact) mass is 347 g/mol. The molecule has 1 aromatic heterocycles. The zero-order chi connectivity index (χ0) is 16.3. The Morgan fingerprint density at radius 2 is 2.14 bits per heavy atom. The van der Waals surface area contributed by atoms with Crippen LogP contribution >= 0.6 is 23.2 Å². The highest BCUT2D eigenvalue weighted by atomic mass is 35.5. The lowest BCUT2D eigenvalue weighted by Gasteiger charge is -2.33. The predicted octanol–water partition coefficient (Wildman–Crippen LogP) is 3.52. The van der Waals surface area contributed by atoms with E-state index in [0.29, 0.717) is 10.8 Å².